The summed E-state index contributed by atoms with van der Waals surface area (Å²) < 4.78 is 28.6. The quantitative estimate of drug-likeness (QED) is 0.841. The largest absolute Gasteiger partial charge is 0.339 e. The van der Waals surface area contributed by atoms with Crippen molar-refractivity contribution in [1.82, 2.24) is 24.2 Å². The first kappa shape index (κ1) is 17.6. The smallest absolute Gasteiger partial charge is 0.259 e. The summed E-state index contributed by atoms with van der Waals surface area (Å²) in [5.41, 5.74) is 0.580. The molecule has 0 atom stereocenters. The fourth-order valence-electron chi connectivity index (χ4n) is 2.84. The minimum absolute atomic E-state index is 0.0270. The van der Waals surface area contributed by atoms with Gasteiger partial charge in [-0.2, -0.15) is 0 Å². The highest BCUT2D eigenvalue weighted by Gasteiger charge is 2.25. The van der Waals surface area contributed by atoms with E-state index in [-0.39, 0.29) is 16.9 Å². The zero-order chi connectivity index (χ0) is 17.9. The molecule has 0 bridgehead atoms. The van der Waals surface area contributed by atoms with Crippen LogP contribution in [0, 0.1) is 5.92 Å². The number of carbonyl (C=O) groups excluding carboxylic acids is 1. The average molecular weight is 363 g/mol. The Morgan fingerprint density at radius 1 is 1.36 bits per heavy atom. The Hall–Kier alpha value is -2.26. The lowest BCUT2D eigenvalue weighted by molar-refractivity contribution is 0.0691. The number of amides is 1. The molecule has 134 valence electrons. The van der Waals surface area contributed by atoms with Gasteiger partial charge in [-0.05, 0) is 30.9 Å². The van der Waals surface area contributed by atoms with Crippen LogP contribution in [0.5, 0.6) is 0 Å². The molecular weight excluding hydrogens is 342 g/mol. The third-order valence-corrected chi connectivity index (χ3v) is 5.64. The molecule has 1 N–H and O–H groups in total. The van der Waals surface area contributed by atoms with Crippen LogP contribution in [-0.2, 0) is 17.1 Å². The maximum atomic E-state index is 12.4. The van der Waals surface area contributed by atoms with Gasteiger partial charge in [0.1, 0.15) is 0 Å². The molecule has 9 heteroatoms. The van der Waals surface area contributed by atoms with Gasteiger partial charge in [-0.3, -0.25) is 9.78 Å². The van der Waals surface area contributed by atoms with E-state index in [0.717, 1.165) is 12.8 Å². The molecule has 1 amide bonds. The van der Waals surface area contributed by atoms with Gasteiger partial charge in [0.05, 0.1) is 11.9 Å². The highest BCUT2D eigenvalue weighted by atomic mass is 32.2. The van der Waals surface area contributed by atoms with Gasteiger partial charge in [-0.25, -0.2) is 18.1 Å². The number of likely N-dealkylation sites (tertiary alicyclic amines) is 1. The third-order valence-electron chi connectivity index (χ3n) is 4.33. The van der Waals surface area contributed by atoms with Crippen LogP contribution >= 0.6 is 0 Å². The van der Waals surface area contributed by atoms with Gasteiger partial charge < -0.3 is 9.47 Å². The number of nitrogens with zero attached hydrogens (tertiary/aromatic N) is 4. The summed E-state index contributed by atoms with van der Waals surface area (Å²) in [6, 6.07) is 3.49. The van der Waals surface area contributed by atoms with Gasteiger partial charge >= 0.3 is 0 Å². The lowest BCUT2D eigenvalue weighted by atomic mass is 9.97. The maximum absolute atomic E-state index is 12.4. The van der Waals surface area contributed by atoms with Crippen molar-refractivity contribution in [1.29, 1.82) is 0 Å². The van der Waals surface area contributed by atoms with Crippen molar-refractivity contribution in [3.8, 4) is 0 Å². The van der Waals surface area contributed by atoms with Crippen molar-refractivity contribution in [3.63, 3.8) is 0 Å². The molecule has 0 spiro atoms. The fraction of sp³-hybridized carbons (Fsp3) is 0.438. The molecule has 2 aromatic rings. The molecule has 0 aliphatic carbocycles. The highest BCUT2D eigenvalue weighted by molar-refractivity contribution is 7.89. The standard InChI is InChI=1S/C16H21N5O3S/c1-20-11-15(18-12-20)25(23,24)19-9-13-4-7-21(8-5-13)16(22)14-3-2-6-17-10-14/h2-3,6,10-13,19H,4-5,7-9H2,1H3. The van der Waals surface area contributed by atoms with Crippen molar-refractivity contribution in [2.24, 2.45) is 13.0 Å². The number of carbonyl (C=O) groups is 1. The number of imidazole rings is 1. The Morgan fingerprint density at radius 3 is 2.72 bits per heavy atom. The van der Waals surface area contributed by atoms with E-state index < -0.39 is 10.0 Å². The van der Waals surface area contributed by atoms with E-state index >= 15 is 0 Å². The monoisotopic (exact) mass is 363 g/mol. The van der Waals surface area contributed by atoms with Gasteiger partial charge in [0.25, 0.3) is 15.9 Å². The summed E-state index contributed by atoms with van der Waals surface area (Å²) in [5.74, 6) is 0.178. The zero-order valence-electron chi connectivity index (χ0n) is 14.0. The van der Waals surface area contributed by atoms with E-state index in [0.29, 0.717) is 25.2 Å². The summed E-state index contributed by atoms with van der Waals surface area (Å²) >= 11 is 0. The second-order valence-electron chi connectivity index (χ2n) is 6.21. The van der Waals surface area contributed by atoms with Gasteiger partial charge in [-0.15, -0.1) is 0 Å². The topological polar surface area (TPSA) is 97.2 Å². The molecule has 3 heterocycles. The van der Waals surface area contributed by atoms with Crippen LogP contribution < -0.4 is 4.72 Å². The normalized spacial score (nSPS) is 16.1. The summed E-state index contributed by atoms with van der Waals surface area (Å²) in [7, 11) is -1.86. The Labute approximate surface area is 146 Å². The number of rotatable bonds is 5. The molecule has 3 rings (SSSR count). The predicted molar refractivity (Wildman–Crippen MR) is 91.3 cm³/mol. The molecule has 1 saturated heterocycles. The van der Waals surface area contributed by atoms with E-state index in [2.05, 4.69) is 14.7 Å². The summed E-state index contributed by atoms with van der Waals surface area (Å²) in [6.07, 6.45) is 7.65. The first-order valence-electron chi connectivity index (χ1n) is 8.12. The molecule has 0 saturated carbocycles. The van der Waals surface area contributed by atoms with Crippen molar-refractivity contribution in [3.05, 3.63) is 42.6 Å². The predicted octanol–water partition coefficient (Wildman–Crippen LogP) is 0.646. The number of piperidine rings is 1. The number of sulfonamides is 1. The van der Waals surface area contributed by atoms with Crippen molar-refractivity contribution in [2.45, 2.75) is 17.9 Å². The minimum atomic E-state index is -3.58. The molecule has 0 unspecified atom stereocenters. The number of aromatic nitrogens is 3. The molecule has 2 aromatic heterocycles. The molecule has 0 radical (unpaired) electrons. The molecular formula is C16H21N5O3S. The van der Waals surface area contributed by atoms with Gasteiger partial charge in [-0.1, -0.05) is 0 Å². The van der Waals surface area contributed by atoms with Crippen LogP contribution in [-0.4, -0.2) is 53.4 Å². The van der Waals surface area contributed by atoms with Crippen LogP contribution in [0.15, 0.2) is 42.1 Å². The van der Waals surface area contributed by atoms with E-state index in [1.54, 1.807) is 41.0 Å². The number of nitrogens with one attached hydrogen (secondary N) is 1. The molecule has 1 fully saturated rings. The van der Waals surface area contributed by atoms with E-state index in [1.165, 1.54) is 12.5 Å². The number of aryl methyl sites for hydroxylation is 1. The highest BCUT2D eigenvalue weighted by Crippen LogP contribution is 2.19. The molecule has 1 aliphatic heterocycles. The summed E-state index contributed by atoms with van der Waals surface area (Å²) in [5, 5.41) is 0.0270. The van der Waals surface area contributed by atoms with Crippen LogP contribution in [0.4, 0.5) is 0 Å². The Balaban J connectivity index is 1.50. The van der Waals surface area contributed by atoms with Crippen LogP contribution in [0.3, 0.4) is 0 Å². The molecule has 25 heavy (non-hydrogen) atoms. The molecule has 8 nitrogen and oxygen atoms in total. The van der Waals surface area contributed by atoms with Crippen molar-refractivity contribution in [2.75, 3.05) is 19.6 Å². The lowest BCUT2D eigenvalue weighted by Gasteiger charge is -2.32. The lowest BCUT2D eigenvalue weighted by Crippen LogP contribution is -2.41. The van der Waals surface area contributed by atoms with Crippen LogP contribution in [0.1, 0.15) is 23.2 Å². The Bertz CT molecular complexity index is 826. The van der Waals surface area contributed by atoms with Gasteiger partial charge in [0.2, 0.25) is 0 Å². The fourth-order valence-corrected chi connectivity index (χ4v) is 3.94. The molecule has 1 aliphatic rings. The number of hydrogen-bond acceptors (Lipinski definition) is 5. The summed E-state index contributed by atoms with van der Waals surface area (Å²) in [6.45, 7) is 1.58. The van der Waals surface area contributed by atoms with Crippen LogP contribution in [0.25, 0.3) is 0 Å². The van der Waals surface area contributed by atoms with Crippen molar-refractivity contribution < 1.29 is 13.2 Å². The second-order valence-corrected chi connectivity index (χ2v) is 7.92. The van der Waals surface area contributed by atoms with Gasteiger partial charge in [0, 0.05) is 45.3 Å². The number of hydrogen-bond donors (Lipinski definition) is 1. The average Bonchev–Trinajstić information content (AvgIpc) is 3.08. The first-order valence-corrected chi connectivity index (χ1v) is 9.61. The summed E-state index contributed by atoms with van der Waals surface area (Å²) in [4.78, 5) is 22.0. The SMILES string of the molecule is Cn1cnc(S(=O)(=O)NCC2CCN(C(=O)c3cccnc3)CC2)c1. The first-order chi connectivity index (χ1) is 12.0. The Kier molecular flexibility index (Phi) is 5.14. The maximum Gasteiger partial charge on any atom is 0.259 e. The van der Waals surface area contributed by atoms with E-state index in [1.807, 2.05) is 0 Å². The van der Waals surface area contributed by atoms with Crippen LogP contribution in [0.2, 0.25) is 0 Å². The Morgan fingerprint density at radius 2 is 2.12 bits per heavy atom. The molecule has 0 aromatic carbocycles. The minimum Gasteiger partial charge on any atom is -0.339 e. The van der Waals surface area contributed by atoms with Crippen molar-refractivity contribution >= 4 is 15.9 Å². The zero-order valence-corrected chi connectivity index (χ0v) is 14.8. The van der Waals surface area contributed by atoms with E-state index in [4.69, 9.17) is 0 Å². The van der Waals surface area contributed by atoms with E-state index in [9.17, 15) is 13.2 Å². The number of pyridine rings is 1. The third kappa shape index (κ3) is 4.23. The second kappa shape index (κ2) is 7.32. The van der Waals surface area contributed by atoms with Gasteiger partial charge in [0.15, 0.2) is 5.03 Å².